The highest BCUT2D eigenvalue weighted by atomic mass is 35.5. The van der Waals surface area contributed by atoms with Crippen LogP contribution in [0.2, 0.25) is 5.02 Å². The summed E-state index contributed by atoms with van der Waals surface area (Å²) in [5.74, 6) is -1.01. The summed E-state index contributed by atoms with van der Waals surface area (Å²) in [6, 6.07) is 23.6. The second kappa shape index (κ2) is 10.1. The van der Waals surface area contributed by atoms with Gasteiger partial charge in [0.05, 0.1) is 6.21 Å². The Morgan fingerprint density at radius 2 is 1.69 bits per heavy atom. The number of hydrazone groups is 1. The number of amides is 2. The Balaban J connectivity index is 1.47. The van der Waals surface area contributed by atoms with Crippen molar-refractivity contribution in [2.45, 2.75) is 6.61 Å². The van der Waals surface area contributed by atoms with Crippen molar-refractivity contribution in [2.75, 3.05) is 5.32 Å². The van der Waals surface area contributed by atoms with Crippen LogP contribution in [0.15, 0.2) is 84.0 Å². The van der Waals surface area contributed by atoms with Crippen molar-refractivity contribution >= 4 is 35.3 Å². The van der Waals surface area contributed by atoms with Gasteiger partial charge in [-0.3, -0.25) is 9.59 Å². The van der Waals surface area contributed by atoms with Crippen LogP contribution in [0.25, 0.3) is 0 Å². The molecule has 3 rings (SSSR count). The number of benzene rings is 3. The van der Waals surface area contributed by atoms with Crippen LogP contribution in [-0.4, -0.2) is 18.0 Å². The summed E-state index contributed by atoms with van der Waals surface area (Å²) in [7, 11) is 0. The summed E-state index contributed by atoms with van der Waals surface area (Å²) in [5, 5.41) is 6.69. The van der Waals surface area contributed by atoms with E-state index in [4.69, 9.17) is 16.3 Å². The molecule has 0 spiro atoms. The molecule has 3 aromatic carbocycles. The molecule has 0 bridgehead atoms. The number of rotatable bonds is 6. The SMILES string of the molecule is O=C(N/N=C\c1ccc(OCc2ccccc2)cc1)C(=O)Nc1cccc(Cl)c1. The van der Waals surface area contributed by atoms with Gasteiger partial charge in [0.2, 0.25) is 0 Å². The third-order valence-electron chi connectivity index (χ3n) is 3.80. The molecule has 0 aromatic heterocycles. The third kappa shape index (κ3) is 6.48. The maximum atomic E-state index is 11.8. The van der Waals surface area contributed by atoms with E-state index >= 15 is 0 Å². The standard InChI is InChI=1S/C22H18ClN3O3/c23-18-7-4-8-19(13-18)25-21(27)22(28)26-24-14-16-9-11-20(12-10-16)29-15-17-5-2-1-3-6-17/h1-14H,15H2,(H,25,27)(H,26,28)/b24-14-. The molecule has 0 saturated carbocycles. The van der Waals surface area contributed by atoms with E-state index in [2.05, 4.69) is 15.8 Å². The summed E-state index contributed by atoms with van der Waals surface area (Å²) < 4.78 is 5.71. The fraction of sp³-hybridized carbons (Fsp3) is 0.0455. The number of ether oxygens (including phenoxy) is 1. The Bertz CT molecular complexity index is 1010. The molecule has 0 saturated heterocycles. The molecule has 2 N–H and O–H groups in total. The Labute approximate surface area is 173 Å². The Hall–Kier alpha value is -3.64. The molecule has 0 radical (unpaired) electrons. The number of hydrogen-bond acceptors (Lipinski definition) is 4. The smallest absolute Gasteiger partial charge is 0.329 e. The first-order chi connectivity index (χ1) is 14.1. The van der Waals surface area contributed by atoms with Crippen LogP contribution < -0.4 is 15.5 Å². The molecule has 2 amide bonds. The molecule has 0 heterocycles. The largest absolute Gasteiger partial charge is 0.489 e. The van der Waals surface area contributed by atoms with Gasteiger partial charge in [-0.05, 0) is 53.6 Å². The third-order valence-corrected chi connectivity index (χ3v) is 4.03. The van der Waals surface area contributed by atoms with Crippen LogP contribution >= 0.6 is 11.6 Å². The van der Waals surface area contributed by atoms with Crippen LogP contribution in [0.5, 0.6) is 5.75 Å². The van der Waals surface area contributed by atoms with Crippen molar-refractivity contribution in [3.05, 3.63) is 95.0 Å². The van der Waals surface area contributed by atoms with Crippen molar-refractivity contribution in [2.24, 2.45) is 5.10 Å². The molecule has 0 aliphatic rings. The monoisotopic (exact) mass is 407 g/mol. The molecule has 7 heteroatoms. The fourth-order valence-corrected chi connectivity index (χ4v) is 2.55. The first-order valence-electron chi connectivity index (χ1n) is 8.77. The maximum absolute atomic E-state index is 11.8. The minimum atomic E-state index is -0.885. The molecular formula is C22H18ClN3O3. The van der Waals surface area contributed by atoms with E-state index in [9.17, 15) is 9.59 Å². The molecule has 0 unspecified atom stereocenters. The average molecular weight is 408 g/mol. The minimum Gasteiger partial charge on any atom is -0.489 e. The van der Waals surface area contributed by atoms with Crippen LogP contribution in [-0.2, 0) is 16.2 Å². The zero-order valence-electron chi connectivity index (χ0n) is 15.3. The number of carbonyl (C=O) groups excluding carboxylic acids is 2. The predicted molar refractivity (Wildman–Crippen MR) is 113 cm³/mol. The van der Waals surface area contributed by atoms with Crippen molar-refractivity contribution in [3.63, 3.8) is 0 Å². The van der Waals surface area contributed by atoms with Crippen molar-refractivity contribution in [1.82, 2.24) is 5.43 Å². The Morgan fingerprint density at radius 3 is 2.41 bits per heavy atom. The van der Waals surface area contributed by atoms with E-state index in [1.165, 1.54) is 12.3 Å². The zero-order valence-corrected chi connectivity index (χ0v) is 16.1. The molecular weight excluding hydrogens is 390 g/mol. The van der Waals surface area contributed by atoms with E-state index in [0.717, 1.165) is 16.9 Å². The van der Waals surface area contributed by atoms with Crippen molar-refractivity contribution in [1.29, 1.82) is 0 Å². The van der Waals surface area contributed by atoms with E-state index < -0.39 is 11.8 Å². The summed E-state index contributed by atoms with van der Waals surface area (Å²) in [6.45, 7) is 0.478. The number of carbonyl (C=O) groups is 2. The highest BCUT2D eigenvalue weighted by Gasteiger charge is 2.12. The topological polar surface area (TPSA) is 79.8 Å². The second-order valence-electron chi connectivity index (χ2n) is 6.01. The van der Waals surface area contributed by atoms with E-state index in [1.807, 2.05) is 30.3 Å². The van der Waals surface area contributed by atoms with Gasteiger partial charge in [-0.2, -0.15) is 5.10 Å². The lowest BCUT2D eigenvalue weighted by atomic mass is 10.2. The molecule has 3 aromatic rings. The normalized spacial score (nSPS) is 10.5. The van der Waals surface area contributed by atoms with Gasteiger partial charge in [0.15, 0.2) is 0 Å². The van der Waals surface area contributed by atoms with E-state index in [-0.39, 0.29) is 0 Å². The molecule has 29 heavy (non-hydrogen) atoms. The van der Waals surface area contributed by atoms with Gasteiger partial charge >= 0.3 is 11.8 Å². The molecule has 0 aliphatic heterocycles. The van der Waals surface area contributed by atoms with Gasteiger partial charge in [0.25, 0.3) is 0 Å². The van der Waals surface area contributed by atoms with Gasteiger partial charge in [-0.1, -0.05) is 48.0 Å². The lowest BCUT2D eigenvalue weighted by molar-refractivity contribution is -0.136. The molecule has 0 atom stereocenters. The lowest BCUT2D eigenvalue weighted by Crippen LogP contribution is -2.32. The predicted octanol–water partition coefficient (Wildman–Crippen LogP) is 4.01. The fourth-order valence-electron chi connectivity index (χ4n) is 2.36. The number of anilines is 1. The highest BCUT2D eigenvalue weighted by Crippen LogP contribution is 2.15. The minimum absolute atomic E-state index is 0.424. The number of nitrogens with one attached hydrogen (secondary N) is 2. The zero-order chi connectivity index (χ0) is 20.5. The Kier molecular flexibility index (Phi) is 6.97. The van der Waals surface area contributed by atoms with Gasteiger partial charge in [0, 0.05) is 10.7 Å². The quantitative estimate of drug-likeness (QED) is 0.368. The molecule has 0 fully saturated rings. The average Bonchev–Trinajstić information content (AvgIpc) is 2.74. The maximum Gasteiger partial charge on any atom is 0.329 e. The summed E-state index contributed by atoms with van der Waals surface area (Å²) in [6.07, 6.45) is 1.44. The van der Waals surface area contributed by atoms with Gasteiger partial charge in [-0.15, -0.1) is 0 Å². The number of hydrogen-bond donors (Lipinski definition) is 2. The van der Waals surface area contributed by atoms with Crippen LogP contribution in [0.4, 0.5) is 5.69 Å². The number of nitrogens with zero attached hydrogens (tertiary/aromatic N) is 1. The van der Waals surface area contributed by atoms with Gasteiger partial charge in [0.1, 0.15) is 12.4 Å². The molecule has 146 valence electrons. The van der Waals surface area contributed by atoms with Crippen molar-refractivity contribution < 1.29 is 14.3 Å². The summed E-state index contributed by atoms with van der Waals surface area (Å²) >= 11 is 5.84. The summed E-state index contributed by atoms with van der Waals surface area (Å²) in [4.78, 5) is 23.6. The van der Waals surface area contributed by atoms with E-state index in [0.29, 0.717) is 17.3 Å². The first-order valence-corrected chi connectivity index (χ1v) is 9.15. The lowest BCUT2D eigenvalue weighted by Gasteiger charge is -2.06. The van der Waals surface area contributed by atoms with Crippen molar-refractivity contribution in [3.8, 4) is 5.75 Å². The van der Waals surface area contributed by atoms with E-state index in [1.54, 1.807) is 42.5 Å². The van der Waals surface area contributed by atoms with Gasteiger partial charge < -0.3 is 10.1 Å². The van der Waals surface area contributed by atoms with Gasteiger partial charge in [-0.25, -0.2) is 5.43 Å². The molecule has 6 nitrogen and oxygen atoms in total. The van der Waals surface area contributed by atoms with Crippen LogP contribution in [0, 0.1) is 0 Å². The van der Waals surface area contributed by atoms with Crippen LogP contribution in [0.3, 0.4) is 0 Å². The summed E-state index contributed by atoms with van der Waals surface area (Å²) in [5.41, 5.74) is 4.43. The highest BCUT2D eigenvalue weighted by molar-refractivity contribution is 6.39. The number of halogens is 1. The molecule has 0 aliphatic carbocycles. The second-order valence-corrected chi connectivity index (χ2v) is 6.44. The first kappa shape index (κ1) is 20.1. The van der Waals surface area contributed by atoms with Crippen LogP contribution in [0.1, 0.15) is 11.1 Å². The Morgan fingerprint density at radius 1 is 0.931 bits per heavy atom.